The smallest absolute Gasteiger partial charge is 0.276 e. The van der Waals surface area contributed by atoms with Gasteiger partial charge in [0.25, 0.3) is 5.91 Å². The minimum absolute atomic E-state index is 0.204. The van der Waals surface area contributed by atoms with Crippen molar-refractivity contribution < 1.29 is 28.2 Å². The van der Waals surface area contributed by atoms with Crippen LogP contribution in [-0.4, -0.2) is 42.8 Å². The van der Waals surface area contributed by atoms with Gasteiger partial charge in [0, 0.05) is 12.6 Å². The van der Waals surface area contributed by atoms with E-state index in [1.54, 1.807) is 30.2 Å². The molecule has 0 atom stereocenters. The van der Waals surface area contributed by atoms with Gasteiger partial charge in [0.15, 0.2) is 28.1 Å². The molecule has 0 spiro atoms. The molecule has 0 bridgehead atoms. The summed E-state index contributed by atoms with van der Waals surface area (Å²) in [5.74, 6) is 3.60. The van der Waals surface area contributed by atoms with Gasteiger partial charge in [-0.1, -0.05) is 18.2 Å². The molecule has 1 aromatic heterocycles. The highest BCUT2D eigenvalue weighted by Crippen LogP contribution is 2.29. The molecule has 194 valence electrons. The number of ether oxygens (including phenoxy) is 4. The highest BCUT2D eigenvalue weighted by Gasteiger charge is 2.30. The number of benzene rings is 2. The second-order valence-electron chi connectivity index (χ2n) is 8.09. The number of nitrogens with zero attached hydrogens (tertiary/aromatic N) is 1. The van der Waals surface area contributed by atoms with Crippen molar-refractivity contribution in [1.82, 2.24) is 10.2 Å². The molecule has 1 N–H and O–H groups in total. The third kappa shape index (κ3) is 6.42. The highest BCUT2D eigenvalue weighted by atomic mass is 32.1. The largest absolute Gasteiger partial charge is 0.493 e. The lowest BCUT2D eigenvalue weighted by Crippen LogP contribution is -2.32. The lowest BCUT2D eigenvalue weighted by atomic mass is 10.1. The third-order valence-electron chi connectivity index (χ3n) is 5.60. The molecule has 0 unspecified atom stereocenters. The Kier molecular flexibility index (Phi) is 8.68. The number of carbonyl (C=O) groups excluding carboxylic acids is 1. The maximum Gasteiger partial charge on any atom is 0.276 e. The normalized spacial score (nSPS) is 14.1. The molecular weight excluding hydrogens is 492 g/mol. The first-order valence-electron chi connectivity index (χ1n) is 12.1. The molecular formula is C28H30N2O6S. The van der Waals surface area contributed by atoms with Crippen LogP contribution in [0.1, 0.15) is 30.9 Å². The number of carbonyl (C=O) groups is 1. The van der Waals surface area contributed by atoms with Crippen molar-refractivity contribution in [2.75, 3.05) is 26.9 Å². The van der Waals surface area contributed by atoms with Crippen LogP contribution in [0.15, 0.2) is 64.7 Å². The first-order valence-corrected chi connectivity index (χ1v) is 12.5. The van der Waals surface area contributed by atoms with E-state index in [0.717, 1.165) is 5.56 Å². The van der Waals surface area contributed by atoms with E-state index in [-0.39, 0.29) is 12.5 Å². The molecule has 1 fully saturated rings. The summed E-state index contributed by atoms with van der Waals surface area (Å²) >= 11 is 5.42. The Labute approximate surface area is 221 Å². The van der Waals surface area contributed by atoms with Crippen LogP contribution in [0.2, 0.25) is 0 Å². The van der Waals surface area contributed by atoms with Crippen LogP contribution in [0, 0.1) is 0 Å². The van der Waals surface area contributed by atoms with Gasteiger partial charge in [0.1, 0.15) is 23.8 Å². The number of thiocarbonyl (C=S) groups is 1. The summed E-state index contributed by atoms with van der Waals surface area (Å²) in [6.45, 7) is 5.61. The number of methoxy groups -OCH3 is 1. The van der Waals surface area contributed by atoms with Gasteiger partial charge in [-0.2, -0.15) is 0 Å². The fourth-order valence-electron chi connectivity index (χ4n) is 3.85. The van der Waals surface area contributed by atoms with E-state index in [4.69, 9.17) is 35.6 Å². The molecule has 2 aromatic carbocycles. The van der Waals surface area contributed by atoms with Crippen LogP contribution in [0.4, 0.5) is 0 Å². The first kappa shape index (κ1) is 26.1. The topological polar surface area (TPSA) is 82.4 Å². The number of nitrogens with one attached hydrogen (secondary N) is 1. The maximum absolute atomic E-state index is 13.0. The minimum atomic E-state index is -0.204. The van der Waals surface area contributed by atoms with Gasteiger partial charge in [-0.25, -0.2) is 0 Å². The summed E-state index contributed by atoms with van der Waals surface area (Å²) in [5, 5.41) is 3.35. The zero-order valence-electron chi connectivity index (χ0n) is 21.1. The second-order valence-corrected chi connectivity index (χ2v) is 8.47. The van der Waals surface area contributed by atoms with Gasteiger partial charge in [0.2, 0.25) is 0 Å². The van der Waals surface area contributed by atoms with Crippen molar-refractivity contribution in [3.8, 4) is 23.0 Å². The van der Waals surface area contributed by atoms with Gasteiger partial charge in [-0.3, -0.25) is 9.69 Å². The Morgan fingerprint density at radius 3 is 2.43 bits per heavy atom. The molecule has 1 amide bonds. The first-order chi connectivity index (χ1) is 18.0. The molecule has 37 heavy (non-hydrogen) atoms. The van der Waals surface area contributed by atoms with E-state index in [1.165, 1.54) is 0 Å². The van der Waals surface area contributed by atoms with E-state index in [2.05, 4.69) is 5.32 Å². The van der Waals surface area contributed by atoms with E-state index in [9.17, 15) is 4.79 Å². The van der Waals surface area contributed by atoms with Gasteiger partial charge < -0.3 is 28.7 Å². The van der Waals surface area contributed by atoms with Crippen LogP contribution in [0.5, 0.6) is 23.0 Å². The van der Waals surface area contributed by atoms with Crippen LogP contribution < -0.4 is 24.3 Å². The van der Waals surface area contributed by atoms with Crippen LogP contribution >= 0.6 is 12.2 Å². The van der Waals surface area contributed by atoms with Crippen LogP contribution in [0.25, 0.3) is 6.08 Å². The number of amides is 1. The van der Waals surface area contributed by atoms with Crippen molar-refractivity contribution in [1.29, 1.82) is 0 Å². The molecule has 0 radical (unpaired) electrons. The number of furan rings is 1. The zero-order valence-corrected chi connectivity index (χ0v) is 21.9. The highest BCUT2D eigenvalue weighted by molar-refractivity contribution is 7.80. The predicted octanol–water partition coefficient (Wildman–Crippen LogP) is 4.96. The standard InChI is InChI=1S/C28H30N2O6S/c1-4-33-25-13-10-19(16-26(25)34-5-2)14-15-30-27(31)22(29-28(30)37)17-20-11-12-21(36-20)18-35-24-9-7-6-8-23(24)32-3/h6-13,16-17H,4-5,14-15,18H2,1-3H3,(H,29,37)/b22-17+. The van der Waals surface area contributed by atoms with Crippen molar-refractivity contribution in [2.24, 2.45) is 0 Å². The van der Waals surface area contributed by atoms with Crippen molar-refractivity contribution >= 4 is 29.3 Å². The molecule has 0 aliphatic carbocycles. The molecule has 4 rings (SSSR count). The maximum atomic E-state index is 13.0. The SMILES string of the molecule is CCOc1ccc(CCN2C(=O)/C(=C\c3ccc(COc4ccccc4OC)o3)NC2=S)cc1OCC. The molecule has 1 aliphatic rings. The quantitative estimate of drug-likeness (QED) is 0.264. The summed E-state index contributed by atoms with van der Waals surface area (Å²) in [7, 11) is 1.59. The zero-order chi connectivity index (χ0) is 26.2. The Hall–Kier alpha value is -3.98. The third-order valence-corrected chi connectivity index (χ3v) is 5.92. The Balaban J connectivity index is 1.37. The van der Waals surface area contributed by atoms with Crippen molar-refractivity contribution in [3.05, 3.63) is 77.4 Å². The fourth-order valence-corrected chi connectivity index (χ4v) is 4.13. The van der Waals surface area contributed by atoms with E-state index in [1.807, 2.05) is 56.3 Å². The number of rotatable bonds is 12. The van der Waals surface area contributed by atoms with E-state index in [0.29, 0.717) is 71.5 Å². The summed E-state index contributed by atoms with van der Waals surface area (Å²) < 4.78 is 28.3. The van der Waals surface area contributed by atoms with Crippen molar-refractivity contribution in [3.63, 3.8) is 0 Å². The lowest BCUT2D eigenvalue weighted by molar-refractivity contribution is -0.122. The van der Waals surface area contributed by atoms with Crippen LogP contribution in [-0.2, 0) is 17.8 Å². The molecule has 1 saturated heterocycles. The minimum Gasteiger partial charge on any atom is -0.493 e. The van der Waals surface area contributed by atoms with E-state index < -0.39 is 0 Å². The Bertz CT molecular complexity index is 1290. The molecule has 9 heteroatoms. The average molecular weight is 523 g/mol. The molecule has 1 aliphatic heterocycles. The number of para-hydroxylation sites is 2. The molecule has 3 aromatic rings. The van der Waals surface area contributed by atoms with Gasteiger partial charge in [-0.05, 0) is 74.4 Å². The number of hydrogen-bond donors (Lipinski definition) is 1. The van der Waals surface area contributed by atoms with Gasteiger partial charge in [0.05, 0.1) is 20.3 Å². The monoisotopic (exact) mass is 522 g/mol. The number of hydrogen-bond acceptors (Lipinski definition) is 7. The summed E-state index contributed by atoms with van der Waals surface area (Å²) in [6, 6.07) is 16.8. The van der Waals surface area contributed by atoms with Gasteiger partial charge in [-0.15, -0.1) is 0 Å². The Morgan fingerprint density at radius 2 is 1.68 bits per heavy atom. The summed E-state index contributed by atoms with van der Waals surface area (Å²) in [6.07, 6.45) is 2.25. The summed E-state index contributed by atoms with van der Waals surface area (Å²) in [4.78, 5) is 14.6. The summed E-state index contributed by atoms with van der Waals surface area (Å²) in [5.41, 5.74) is 1.38. The van der Waals surface area contributed by atoms with E-state index >= 15 is 0 Å². The second kappa shape index (κ2) is 12.3. The molecule has 2 heterocycles. The van der Waals surface area contributed by atoms with Gasteiger partial charge >= 0.3 is 0 Å². The lowest BCUT2D eigenvalue weighted by Gasteiger charge is -2.15. The molecule has 0 saturated carbocycles. The average Bonchev–Trinajstić information content (AvgIpc) is 3.46. The fraction of sp³-hybridized carbons (Fsp3) is 0.286. The molecule has 8 nitrogen and oxygen atoms in total. The predicted molar refractivity (Wildman–Crippen MR) is 144 cm³/mol. The Morgan fingerprint density at radius 1 is 0.946 bits per heavy atom. The van der Waals surface area contributed by atoms with Crippen LogP contribution in [0.3, 0.4) is 0 Å². The van der Waals surface area contributed by atoms with Crippen molar-refractivity contribution in [2.45, 2.75) is 26.9 Å².